The van der Waals surface area contributed by atoms with Crippen molar-refractivity contribution in [1.29, 1.82) is 0 Å². The van der Waals surface area contributed by atoms with Gasteiger partial charge in [0, 0.05) is 12.2 Å². The molecule has 1 fully saturated rings. The summed E-state index contributed by atoms with van der Waals surface area (Å²) in [6, 6.07) is 11.7. The lowest BCUT2D eigenvalue weighted by molar-refractivity contribution is 0.0734. The summed E-state index contributed by atoms with van der Waals surface area (Å²) in [7, 11) is 0. The van der Waals surface area contributed by atoms with Crippen LogP contribution in [0.3, 0.4) is 0 Å². The molecule has 114 valence electrons. The van der Waals surface area contributed by atoms with E-state index in [0.29, 0.717) is 6.54 Å². The molecule has 1 N–H and O–H groups in total. The lowest BCUT2D eigenvalue weighted by Gasteiger charge is -2.25. The van der Waals surface area contributed by atoms with Crippen molar-refractivity contribution >= 4 is 5.91 Å². The molecule has 3 rings (SSSR count). The van der Waals surface area contributed by atoms with Gasteiger partial charge in [-0.2, -0.15) is 0 Å². The predicted octanol–water partition coefficient (Wildman–Crippen LogP) is 2.97. The van der Waals surface area contributed by atoms with Gasteiger partial charge in [-0.25, -0.2) is 0 Å². The summed E-state index contributed by atoms with van der Waals surface area (Å²) < 4.78 is 0. The molecule has 0 unspecified atom stereocenters. The number of aromatic amines is 1. The van der Waals surface area contributed by atoms with E-state index < -0.39 is 0 Å². The third kappa shape index (κ3) is 2.69. The Labute approximate surface area is 129 Å². The molecule has 1 aliphatic rings. The van der Waals surface area contributed by atoms with Crippen molar-refractivity contribution in [3.05, 3.63) is 69.1 Å². The van der Waals surface area contributed by atoms with Crippen molar-refractivity contribution in [3.8, 4) is 0 Å². The highest BCUT2D eigenvalue weighted by Crippen LogP contribution is 2.33. The minimum atomic E-state index is -0.306. The maximum absolute atomic E-state index is 12.8. The first kappa shape index (κ1) is 14.6. The van der Waals surface area contributed by atoms with E-state index in [2.05, 4.69) is 30.1 Å². The van der Waals surface area contributed by atoms with Crippen LogP contribution in [-0.4, -0.2) is 22.3 Å². The molecule has 0 spiro atoms. The minimum absolute atomic E-state index is 0.0631. The zero-order valence-corrected chi connectivity index (χ0v) is 12.9. The number of H-pyrrole nitrogens is 1. The van der Waals surface area contributed by atoms with Crippen molar-refractivity contribution in [3.63, 3.8) is 0 Å². The smallest absolute Gasteiger partial charge is 0.260 e. The Hall–Kier alpha value is -2.36. The van der Waals surface area contributed by atoms with Crippen molar-refractivity contribution in [2.24, 2.45) is 0 Å². The molecule has 4 heteroatoms. The van der Waals surface area contributed by atoms with Gasteiger partial charge in [0.15, 0.2) is 0 Å². The van der Waals surface area contributed by atoms with Gasteiger partial charge >= 0.3 is 0 Å². The standard InChI is InChI=1S/C18H20N2O2/c1-12-5-3-6-14(11-12)16-7-4-10-20(16)18(22)15-9-8-13(2)19-17(15)21/h3,5-6,8-9,11,16H,4,7,10H2,1-2H3,(H,19,21)/t16-/m0/s1. The van der Waals surface area contributed by atoms with Crippen LogP contribution in [0.5, 0.6) is 0 Å². The molecule has 1 saturated heterocycles. The fraction of sp³-hybridized carbons (Fsp3) is 0.333. The first-order chi connectivity index (χ1) is 10.6. The molecule has 1 atom stereocenters. The van der Waals surface area contributed by atoms with Gasteiger partial charge in [0.1, 0.15) is 5.56 Å². The van der Waals surface area contributed by atoms with Crippen LogP contribution in [0, 0.1) is 13.8 Å². The molecular weight excluding hydrogens is 276 g/mol. The maximum atomic E-state index is 12.8. The van der Waals surface area contributed by atoms with Crippen molar-refractivity contribution in [1.82, 2.24) is 9.88 Å². The Balaban J connectivity index is 1.93. The highest BCUT2D eigenvalue weighted by atomic mass is 16.2. The zero-order valence-electron chi connectivity index (χ0n) is 12.9. The number of aryl methyl sites for hydroxylation is 2. The summed E-state index contributed by atoms with van der Waals surface area (Å²) in [6.45, 7) is 4.56. The van der Waals surface area contributed by atoms with Crippen molar-refractivity contribution in [2.75, 3.05) is 6.54 Å². The number of carbonyl (C=O) groups is 1. The topological polar surface area (TPSA) is 53.2 Å². The van der Waals surface area contributed by atoms with E-state index in [1.165, 1.54) is 5.56 Å². The number of rotatable bonds is 2. The van der Waals surface area contributed by atoms with Gasteiger partial charge in [-0.05, 0) is 44.4 Å². The molecule has 0 aliphatic carbocycles. The summed E-state index contributed by atoms with van der Waals surface area (Å²) in [5, 5.41) is 0. The van der Waals surface area contributed by atoms with E-state index in [4.69, 9.17) is 0 Å². The lowest BCUT2D eigenvalue weighted by atomic mass is 10.0. The quantitative estimate of drug-likeness (QED) is 0.926. The largest absolute Gasteiger partial charge is 0.331 e. The van der Waals surface area contributed by atoms with Crippen LogP contribution in [0.2, 0.25) is 0 Å². The molecule has 1 amide bonds. The second kappa shape index (κ2) is 5.79. The molecule has 0 saturated carbocycles. The summed E-state index contributed by atoms with van der Waals surface area (Å²) in [4.78, 5) is 29.3. The van der Waals surface area contributed by atoms with Gasteiger partial charge < -0.3 is 9.88 Å². The Kier molecular flexibility index (Phi) is 3.84. The van der Waals surface area contributed by atoms with Gasteiger partial charge in [0.25, 0.3) is 11.5 Å². The van der Waals surface area contributed by atoms with Gasteiger partial charge in [-0.3, -0.25) is 9.59 Å². The summed E-state index contributed by atoms with van der Waals surface area (Å²) in [6.07, 6.45) is 1.91. The van der Waals surface area contributed by atoms with Gasteiger partial charge in [0.05, 0.1) is 6.04 Å². The van der Waals surface area contributed by atoms with Crippen LogP contribution in [0.15, 0.2) is 41.2 Å². The van der Waals surface area contributed by atoms with E-state index in [1.54, 1.807) is 19.1 Å². The van der Waals surface area contributed by atoms with Crippen LogP contribution >= 0.6 is 0 Å². The molecule has 1 aromatic heterocycles. The van der Waals surface area contributed by atoms with Gasteiger partial charge in [0.2, 0.25) is 0 Å². The minimum Gasteiger partial charge on any atom is -0.331 e. The second-order valence-electron chi connectivity index (χ2n) is 5.95. The number of nitrogens with zero attached hydrogens (tertiary/aromatic N) is 1. The second-order valence-corrected chi connectivity index (χ2v) is 5.95. The molecule has 2 heterocycles. The van der Waals surface area contributed by atoms with Crippen LogP contribution in [0.1, 0.15) is 46.1 Å². The first-order valence-corrected chi connectivity index (χ1v) is 7.64. The van der Waals surface area contributed by atoms with E-state index in [1.807, 2.05) is 11.0 Å². The third-order valence-electron chi connectivity index (χ3n) is 4.23. The average molecular weight is 296 g/mol. The van der Waals surface area contributed by atoms with E-state index in [9.17, 15) is 9.59 Å². The van der Waals surface area contributed by atoms with Crippen molar-refractivity contribution in [2.45, 2.75) is 32.7 Å². The Morgan fingerprint density at radius 1 is 1.23 bits per heavy atom. The third-order valence-corrected chi connectivity index (χ3v) is 4.23. The fourth-order valence-electron chi connectivity index (χ4n) is 3.13. The Morgan fingerprint density at radius 3 is 2.77 bits per heavy atom. The molecule has 1 aliphatic heterocycles. The van der Waals surface area contributed by atoms with E-state index >= 15 is 0 Å². The zero-order chi connectivity index (χ0) is 15.7. The molecule has 0 bridgehead atoms. The van der Waals surface area contributed by atoms with Crippen LogP contribution in [-0.2, 0) is 0 Å². The molecule has 4 nitrogen and oxygen atoms in total. The van der Waals surface area contributed by atoms with Crippen molar-refractivity contribution < 1.29 is 4.79 Å². The fourth-order valence-corrected chi connectivity index (χ4v) is 3.13. The molecule has 22 heavy (non-hydrogen) atoms. The highest BCUT2D eigenvalue weighted by molar-refractivity contribution is 5.94. The maximum Gasteiger partial charge on any atom is 0.260 e. The average Bonchev–Trinajstić information content (AvgIpc) is 2.96. The summed E-state index contributed by atoms with van der Waals surface area (Å²) in [5.74, 6) is -0.176. The summed E-state index contributed by atoms with van der Waals surface area (Å²) in [5.41, 5.74) is 3.02. The SMILES string of the molecule is Cc1cccc([C@@H]2CCCN2C(=O)c2ccc(C)[nH]c2=O)c1. The number of amides is 1. The lowest BCUT2D eigenvalue weighted by Crippen LogP contribution is -2.34. The summed E-state index contributed by atoms with van der Waals surface area (Å²) >= 11 is 0. The highest BCUT2D eigenvalue weighted by Gasteiger charge is 2.31. The molecule has 0 radical (unpaired) electrons. The molecule has 1 aromatic carbocycles. The normalized spacial score (nSPS) is 17.7. The number of benzene rings is 1. The number of nitrogens with one attached hydrogen (secondary N) is 1. The number of hydrogen-bond donors (Lipinski definition) is 1. The Bertz CT molecular complexity index is 764. The number of likely N-dealkylation sites (tertiary alicyclic amines) is 1. The number of carbonyl (C=O) groups excluding carboxylic acids is 1. The monoisotopic (exact) mass is 296 g/mol. The van der Waals surface area contributed by atoms with E-state index in [-0.39, 0.29) is 23.1 Å². The van der Waals surface area contributed by atoms with Crippen LogP contribution < -0.4 is 5.56 Å². The van der Waals surface area contributed by atoms with E-state index in [0.717, 1.165) is 24.1 Å². The number of pyridine rings is 1. The van der Waals surface area contributed by atoms with Crippen LogP contribution in [0.25, 0.3) is 0 Å². The molecular formula is C18H20N2O2. The number of hydrogen-bond acceptors (Lipinski definition) is 2. The Morgan fingerprint density at radius 2 is 2.05 bits per heavy atom. The predicted molar refractivity (Wildman–Crippen MR) is 86.0 cm³/mol. The van der Waals surface area contributed by atoms with Gasteiger partial charge in [-0.1, -0.05) is 29.8 Å². The van der Waals surface area contributed by atoms with Gasteiger partial charge in [-0.15, -0.1) is 0 Å². The molecule has 2 aromatic rings. The first-order valence-electron chi connectivity index (χ1n) is 7.64. The van der Waals surface area contributed by atoms with Crippen LogP contribution in [0.4, 0.5) is 0 Å². The number of aromatic nitrogens is 1.